The van der Waals surface area contributed by atoms with Crippen molar-refractivity contribution >= 4 is 21.7 Å². The van der Waals surface area contributed by atoms with E-state index in [1.54, 1.807) is 6.20 Å². The molecule has 0 amide bonds. The monoisotopic (exact) mass is 337 g/mol. The van der Waals surface area contributed by atoms with Gasteiger partial charge in [-0.05, 0) is 24.3 Å². The first kappa shape index (κ1) is 13.7. The van der Waals surface area contributed by atoms with Gasteiger partial charge in [0.2, 0.25) is 0 Å². The van der Waals surface area contributed by atoms with Crippen LogP contribution in [0.15, 0.2) is 77.4 Å². The molecule has 0 aliphatic carbocycles. The van der Waals surface area contributed by atoms with Crippen LogP contribution in [0, 0.1) is 0 Å². The third-order valence-corrected chi connectivity index (χ3v) is 3.69. The van der Waals surface area contributed by atoms with E-state index >= 15 is 0 Å². The Morgan fingerprint density at radius 3 is 2.48 bits per heavy atom. The van der Waals surface area contributed by atoms with Crippen LogP contribution in [0.1, 0.15) is 15.9 Å². The molecule has 0 saturated heterocycles. The average molecular weight is 338 g/mol. The van der Waals surface area contributed by atoms with Crippen molar-refractivity contribution in [2.45, 2.75) is 0 Å². The topological polar surface area (TPSA) is 30.0 Å². The highest BCUT2D eigenvalue weighted by molar-refractivity contribution is 9.10. The molecule has 2 nitrogen and oxygen atoms in total. The second kappa shape index (κ2) is 6.02. The predicted molar refractivity (Wildman–Crippen MR) is 87.2 cm³/mol. The largest absolute Gasteiger partial charge is 0.289 e. The van der Waals surface area contributed by atoms with Crippen LogP contribution in [0.2, 0.25) is 0 Å². The Labute approximate surface area is 131 Å². The van der Waals surface area contributed by atoms with Crippen molar-refractivity contribution in [3.8, 4) is 11.3 Å². The number of carbonyl (C=O) groups is 1. The molecule has 2 aromatic carbocycles. The number of nitrogens with zero attached hydrogens (tertiary/aromatic N) is 1. The van der Waals surface area contributed by atoms with Crippen molar-refractivity contribution < 1.29 is 4.79 Å². The van der Waals surface area contributed by atoms with E-state index in [0.717, 1.165) is 15.7 Å². The normalized spacial score (nSPS) is 10.3. The fourth-order valence-electron chi connectivity index (χ4n) is 2.21. The minimum absolute atomic E-state index is 0.00227. The van der Waals surface area contributed by atoms with Gasteiger partial charge < -0.3 is 0 Å². The van der Waals surface area contributed by atoms with Crippen LogP contribution < -0.4 is 0 Å². The summed E-state index contributed by atoms with van der Waals surface area (Å²) in [7, 11) is 0. The highest BCUT2D eigenvalue weighted by atomic mass is 79.9. The molecule has 1 aromatic heterocycles. The lowest BCUT2D eigenvalue weighted by Gasteiger charge is -2.08. The van der Waals surface area contributed by atoms with Crippen molar-refractivity contribution in [2.75, 3.05) is 0 Å². The molecule has 3 aromatic rings. The van der Waals surface area contributed by atoms with Gasteiger partial charge in [0.05, 0.1) is 5.69 Å². The number of halogens is 1. The van der Waals surface area contributed by atoms with Crippen molar-refractivity contribution in [1.82, 2.24) is 4.98 Å². The number of carbonyl (C=O) groups excluding carboxylic acids is 1. The summed E-state index contributed by atoms with van der Waals surface area (Å²) in [6, 6.07) is 20.7. The summed E-state index contributed by atoms with van der Waals surface area (Å²) in [5.74, 6) is -0.00227. The molecule has 0 saturated carbocycles. The van der Waals surface area contributed by atoms with Gasteiger partial charge in [-0.3, -0.25) is 9.78 Å². The zero-order valence-corrected chi connectivity index (χ0v) is 12.7. The Balaban J connectivity index is 2.09. The lowest BCUT2D eigenvalue weighted by Crippen LogP contribution is -2.03. The third kappa shape index (κ3) is 2.93. The average Bonchev–Trinajstić information content (AvgIpc) is 2.55. The molecule has 0 fully saturated rings. The smallest absolute Gasteiger partial charge is 0.193 e. The van der Waals surface area contributed by atoms with Gasteiger partial charge in [0.15, 0.2) is 5.78 Å². The van der Waals surface area contributed by atoms with Gasteiger partial charge in [-0.25, -0.2) is 0 Å². The van der Waals surface area contributed by atoms with E-state index in [1.807, 2.05) is 66.7 Å². The van der Waals surface area contributed by atoms with E-state index in [2.05, 4.69) is 20.9 Å². The molecule has 0 spiro atoms. The van der Waals surface area contributed by atoms with Gasteiger partial charge in [-0.1, -0.05) is 58.4 Å². The molecule has 0 atom stereocenters. The summed E-state index contributed by atoms with van der Waals surface area (Å²) in [5.41, 5.74) is 2.97. The Bertz CT molecular complexity index is 784. The van der Waals surface area contributed by atoms with Gasteiger partial charge in [0, 0.05) is 27.4 Å². The molecule has 21 heavy (non-hydrogen) atoms. The summed E-state index contributed by atoms with van der Waals surface area (Å²) in [6.45, 7) is 0. The SMILES string of the molecule is O=C(c1cccc(Br)c1)c1ccccc1-c1ccccn1. The van der Waals surface area contributed by atoms with Crippen LogP contribution in [-0.4, -0.2) is 10.8 Å². The van der Waals surface area contributed by atoms with Gasteiger partial charge in [0.1, 0.15) is 0 Å². The molecule has 3 rings (SSSR count). The number of rotatable bonds is 3. The van der Waals surface area contributed by atoms with Crippen molar-refractivity contribution in [3.63, 3.8) is 0 Å². The van der Waals surface area contributed by atoms with E-state index < -0.39 is 0 Å². The minimum atomic E-state index is -0.00227. The summed E-state index contributed by atoms with van der Waals surface area (Å²) in [5, 5.41) is 0. The fourth-order valence-corrected chi connectivity index (χ4v) is 2.61. The summed E-state index contributed by atoms with van der Waals surface area (Å²) >= 11 is 3.40. The lowest BCUT2D eigenvalue weighted by molar-refractivity contribution is 0.103. The van der Waals surface area contributed by atoms with Crippen LogP contribution in [0.3, 0.4) is 0 Å². The van der Waals surface area contributed by atoms with Crippen LogP contribution in [-0.2, 0) is 0 Å². The highest BCUT2D eigenvalue weighted by Gasteiger charge is 2.15. The molecular weight excluding hydrogens is 326 g/mol. The summed E-state index contributed by atoms with van der Waals surface area (Å²) < 4.78 is 0.892. The second-order valence-corrected chi connectivity index (χ2v) is 5.52. The maximum Gasteiger partial charge on any atom is 0.193 e. The van der Waals surface area contributed by atoms with E-state index in [4.69, 9.17) is 0 Å². The molecular formula is C18H12BrNO. The molecule has 0 aliphatic rings. The second-order valence-electron chi connectivity index (χ2n) is 4.60. The summed E-state index contributed by atoms with van der Waals surface area (Å²) in [4.78, 5) is 17.1. The van der Waals surface area contributed by atoms with E-state index in [1.165, 1.54) is 0 Å². The van der Waals surface area contributed by atoms with Gasteiger partial charge >= 0.3 is 0 Å². The van der Waals surface area contributed by atoms with Crippen molar-refractivity contribution in [3.05, 3.63) is 88.5 Å². The van der Waals surface area contributed by atoms with Gasteiger partial charge in [-0.2, -0.15) is 0 Å². The van der Waals surface area contributed by atoms with Gasteiger partial charge in [-0.15, -0.1) is 0 Å². The maximum absolute atomic E-state index is 12.7. The Morgan fingerprint density at radius 1 is 0.905 bits per heavy atom. The van der Waals surface area contributed by atoms with Crippen molar-refractivity contribution in [2.24, 2.45) is 0 Å². The number of pyridine rings is 1. The van der Waals surface area contributed by atoms with Crippen LogP contribution in [0.4, 0.5) is 0 Å². The first-order valence-corrected chi connectivity index (χ1v) is 7.36. The molecule has 102 valence electrons. The predicted octanol–water partition coefficient (Wildman–Crippen LogP) is 4.74. The van der Waals surface area contributed by atoms with E-state index in [9.17, 15) is 4.79 Å². The Kier molecular flexibility index (Phi) is 3.93. The highest BCUT2D eigenvalue weighted by Crippen LogP contribution is 2.24. The number of aromatic nitrogens is 1. The maximum atomic E-state index is 12.7. The molecule has 0 aliphatic heterocycles. The van der Waals surface area contributed by atoms with Crippen molar-refractivity contribution in [1.29, 1.82) is 0 Å². The minimum Gasteiger partial charge on any atom is -0.289 e. The zero-order chi connectivity index (χ0) is 14.7. The fraction of sp³-hybridized carbons (Fsp3) is 0. The Hall–Kier alpha value is -2.26. The zero-order valence-electron chi connectivity index (χ0n) is 11.2. The molecule has 0 radical (unpaired) electrons. The van der Waals surface area contributed by atoms with Gasteiger partial charge in [0.25, 0.3) is 0 Å². The van der Waals surface area contributed by atoms with E-state index in [0.29, 0.717) is 11.1 Å². The molecule has 3 heteroatoms. The van der Waals surface area contributed by atoms with E-state index in [-0.39, 0.29) is 5.78 Å². The first-order valence-electron chi connectivity index (χ1n) is 6.56. The summed E-state index contributed by atoms with van der Waals surface area (Å²) in [6.07, 6.45) is 1.73. The number of hydrogen-bond acceptors (Lipinski definition) is 2. The lowest BCUT2D eigenvalue weighted by atomic mass is 9.96. The van der Waals surface area contributed by atoms with Crippen LogP contribution >= 0.6 is 15.9 Å². The molecule has 1 heterocycles. The Morgan fingerprint density at radius 2 is 1.71 bits per heavy atom. The first-order chi connectivity index (χ1) is 10.3. The quantitative estimate of drug-likeness (QED) is 0.646. The van der Waals surface area contributed by atoms with Crippen LogP contribution in [0.25, 0.3) is 11.3 Å². The molecule has 0 bridgehead atoms. The third-order valence-electron chi connectivity index (χ3n) is 3.20. The standard InChI is InChI=1S/C18H12BrNO/c19-14-7-5-6-13(12-14)18(21)16-9-2-1-8-15(16)17-10-3-4-11-20-17/h1-12H. The number of ketones is 1. The number of benzene rings is 2. The molecule has 0 N–H and O–H groups in total. The van der Waals surface area contributed by atoms with Crippen LogP contribution in [0.5, 0.6) is 0 Å². The number of hydrogen-bond donors (Lipinski definition) is 0. The molecule has 0 unspecified atom stereocenters.